The summed E-state index contributed by atoms with van der Waals surface area (Å²) in [5.41, 5.74) is 0.803. The minimum Gasteiger partial charge on any atom is -0.508 e. The van der Waals surface area contributed by atoms with Gasteiger partial charge in [-0.25, -0.2) is 4.98 Å². The van der Waals surface area contributed by atoms with Gasteiger partial charge in [-0.3, -0.25) is 0 Å². The maximum atomic E-state index is 9.78. The number of benzene rings is 1. The molecule has 0 saturated heterocycles. The van der Waals surface area contributed by atoms with Crippen LogP contribution in [0.25, 0.3) is 0 Å². The zero-order valence-corrected chi connectivity index (χ0v) is 11.7. The molecular formula is C15H21N3O2. The summed E-state index contributed by atoms with van der Waals surface area (Å²) < 4.78 is 2.06. The summed E-state index contributed by atoms with van der Waals surface area (Å²) in [5.74, 6) is 0.210. The molecule has 1 heterocycles. The maximum Gasteiger partial charge on any atom is 0.124 e. The zero-order chi connectivity index (χ0) is 14.4. The molecular weight excluding hydrogens is 254 g/mol. The van der Waals surface area contributed by atoms with Crippen LogP contribution in [0, 0.1) is 0 Å². The largest absolute Gasteiger partial charge is 0.508 e. The molecule has 2 aromatic rings. The number of imidazole rings is 1. The van der Waals surface area contributed by atoms with E-state index in [1.807, 2.05) is 19.4 Å². The summed E-state index contributed by atoms with van der Waals surface area (Å²) in [5, 5.41) is 22.4. The van der Waals surface area contributed by atoms with Crippen LogP contribution in [0.15, 0.2) is 36.9 Å². The number of nitrogens with zero attached hydrogens (tertiary/aromatic N) is 2. The minimum atomic E-state index is 0.0591. The van der Waals surface area contributed by atoms with Gasteiger partial charge in [-0.1, -0.05) is 6.07 Å². The molecule has 1 aromatic heterocycles. The Balaban J connectivity index is 1.70. The van der Waals surface area contributed by atoms with Crippen LogP contribution in [0.1, 0.15) is 31.4 Å². The smallest absolute Gasteiger partial charge is 0.124 e. The maximum absolute atomic E-state index is 9.78. The molecule has 5 nitrogen and oxygen atoms in total. The zero-order valence-electron chi connectivity index (χ0n) is 11.7. The van der Waals surface area contributed by atoms with Crippen molar-refractivity contribution >= 4 is 0 Å². The lowest BCUT2D eigenvalue weighted by Crippen LogP contribution is -2.20. The fourth-order valence-electron chi connectivity index (χ4n) is 2.17. The van der Waals surface area contributed by atoms with Crippen molar-refractivity contribution in [1.29, 1.82) is 0 Å². The highest BCUT2D eigenvalue weighted by Gasteiger charge is 2.09. The number of aryl methyl sites for hydroxylation is 1. The molecule has 5 heteroatoms. The number of aromatic hydroxyl groups is 2. The topological polar surface area (TPSA) is 70.3 Å². The van der Waals surface area contributed by atoms with Crippen LogP contribution in [0.5, 0.6) is 11.5 Å². The molecule has 20 heavy (non-hydrogen) atoms. The molecule has 1 unspecified atom stereocenters. The van der Waals surface area contributed by atoms with Gasteiger partial charge in [0.2, 0.25) is 0 Å². The molecule has 0 fully saturated rings. The molecule has 2 rings (SSSR count). The van der Waals surface area contributed by atoms with Gasteiger partial charge in [-0.2, -0.15) is 0 Å². The molecule has 1 aromatic carbocycles. The van der Waals surface area contributed by atoms with Crippen LogP contribution in [-0.2, 0) is 6.54 Å². The highest BCUT2D eigenvalue weighted by atomic mass is 16.3. The second kappa shape index (κ2) is 6.96. The number of phenolic OH excluding ortho intramolecular Hbond substituents is 2. The first-order valence-electron chi connectivity index (χ1n) is 6.88. The van der Waals surface area contributed by atoms with Gasteiger partial charge in [-0.15, -0.1) is 0 Å². The first-order chi connectivity index (χ1) is 9.66. The van der Waals surface area contributed by atoms with E-state index >= 15 is 0 Å². The molecule has 0 aliphatic carbocycles. The van der Waals surface area contributed by atoms with Crippen molar-refractivity contribution < 1.29 is 10.2 Å². The van der Waals surface area contributed by atoms with E-state index in [4.69, 9.17) is 0 Å². The van der Waals surface area contributed by atoms with Crippen molar-refractivity contribution in [1.82, 2.24) is 14.9 Å². The Bertz CT molecular complexity index is 526. The standard InChI is InChI=1S/C15H21N3O2/c1-12(14-5-4-13(19)10-15(14)20)17-6-2-3-8-18-9-7-16-11-18/h4-5,7,9-12,17,19-20H,2-3,6,8H2,1H3. The molecule has 1 atom stereocenters. The van der Waals surface area contributed by atoms with Gasteiger partial charge in [0.05, 0.1) is 6.33 Å². The number of rotatable bonds is 7. The van der Waals surface area contributed by atoms with E-state index in [2.05, 4.69) is 14.9 Å². The van der Waals surface area contributed by atoms with E-state index in [1.165, 1.54) is 6.07 Å². The number of unbranched alkanes of at least 4 members (excludes halogenated alkanes) is 1. The molecule has 0 aliphatic rings. The fraction of sp³-hybridized carbons (Fsp3) is 0.400. The molecule has 0 bridgehead atoms. The number of aromatic nitrogens is 2. The quantitative estimate of drug-likeness (QED) is 0.679. The van der Waals surface area contributed by atoms with Crippen LogP contribution in [0.3, 0.4) is 0 Å². The Kier molecular flexibility index (Phi) is 5.01. The predicted molar refractivity (Wildman–Crippen MR) is 77.7 cm³/mol. The van der Waals surface area contributed by atoms with Crippen LogP contribution in [-0.4, -0.2) is 26.3 Å². The number of hydrogen-bond acceptors (Lipinski definition) is 4. The van der Waals surface area contributed by atoms with Crippen molar-refractivity contribution in [2.45, 2.75) is 32.4 Å². The summed E-state index contributed by atoms with van der Waals surface area (Å²) >= 11 is 0. The van der Waals surface area contributed by atoms with Crippen LogP contribution >= 0.6 is 0 Å². The van der Waals surface area contributed by atoms with Crippen LogP contribution < -0.4 is 5.32 Å². The number of hydrogen-bond donors (Lipinski definition) is 3. The third-order valence-electron chi connectivity index (χ3n) is 3.33. The van der Waals surface area contributed by atoms with Crippen molar-refractivity contribution in [2.75, 3.05) is 6.54 Å². The normalized spacial score (nSPS) is 12.4. The van der Waals surface area contributed by atoms with Crippen molar-refractivity contribution in [2.24, 2.45) is 0 Å². The third kappa shape index (κ3) is 3.99. The second-order valence-electron chi connectivity index (χ2n) is 4.93. The van der Waals surface area contributed by atoms with Crippen molar-refractivity contribution in [3.05, 3.63) is 42.5 Å². The molecule has 0 amide bonds. The predicted octanol–water partition coefficient (Wildman–Crippen LogP) is 2.43. The first-order valence-corrected chi connectivity index (χ1v) is 6.88. The lowest BCUT2D eigenvalue weighted by atomic mass is 10.1. The molecule has 0 spiro atoms. The molecule has 0 radical (unpaired) electrons. The van der Waals surface area contributed by atoms with Gasteiger partial charge in [0.15, 0.2) is 0 Å². The molecule has 0 saturated carbocycles. The van der Waals surface area contributed by atoms with Crippen LogP contribution in [0.4, 0.5) is 0 Å². The number of nitrogens with one attached hydrogen (secondary N) is 1. The molecule has 3 N–H and O–H groups in total. The molecule has 0 aliphatic heterocycles. The highest BCUT2D eigenvalue weighted by molar-refractivity contribution is 5.40. The SMILES string of the molecule is CC(NCCCCn1ccnc1)c1ccc(O)cc1O. The highest BCUT2D eigenvalue weighted by Crippen LogP contribution is 2.27. The Morgan fingerprint density at radius 1 is 1.30 bits per heavy atom. The Labute approximate surface area is 118 Å². The van der Waals surface area contributed by atoms with Gasteiger partial charge in [0, 0.05) is 36.6 Å². The number of phenols is 2. The first kappa shape index (κ1) is 14.4. The van der Waals surface area contributed by atoms with Crippen molar-refractivity contribution in [3.63, 3.8) is 0 Å². The summed E-state index contributed by atoms with van der Waals surface area (Å²) in [6.07, 6.45) is 7.71. The third-order valence-corrected chi connectivity index (χ3v) is 3.33. The summed E-state index contributed by atoms with van der Waals surface area (Å²) in [7, 11) is 0. The van der Waals surface area contributed by atoms with E-state index < -0.39 is 0 Å². The van der Waals surface area contributed by atoms with Gasteiger partial charge >= 0.3 is 0 Å². The van der Waals surface area contributed by atoms with E-state index in [9.17, 15) is 10.2 Å². The summed E-state index contributed by atoms with van der Waals surface area (Å²) in [4.78, 5) is 4.00. The van der Waals surface area contributed by atoms with Crippen LogP contribution in [0.2, 0.25) is 0 Å². The van der Waals surface area contributed by atoms with Crippen molar-refractivity contribution in [3.8, 4) is 11.5 Å². The van der Waals surface area contributed by atoms with Gasteiger partial charge < -0.3 is 20.1 Å². The van der Waals surface area contributed by atoms with E-state index in [-0.39, 0.29) is 17.5 Å². The average molecular weight is 275 g/mol. The second-order valence-corrected chi connectivity index (χ2v) is 4.93. The lowest BCUT2D eigenvalue weighted by molar-refractivity contribution is 0.434. The van der Waals surface area contributed by atoms with Gasteiger partial charge in [0.1, 0.15) is 11.5 Å². The monoisotopic (exact) mass is 275 g/mol. The molecule has 108 valence electrons. The average Bonchev–Trinajstić information content (AvgIpc) is 2.91. The Morgan fingerprint density at radius 2 is 2.15 bits per heavy atom. The van der Waals surface area contributed by atoms with E-state index in [0.717, 1.165) is 31.5 Å². The van der Waals surface area contributed by atoms with E-state index in [0.29, 0.717) is 0 Å². The summed E-state index contributed by atoms with van der Waals surface area (Å²) in [6.45, 7) is 3.86. The fourth-order valence-corrected chi connectivity index (χ4v) is 2.17. The van der Waals surface area contributed by atoms with E-state index in [1.54, 1.807) is 18.3 Å². The van der Waals surface area contributed by atoms with Gasteiger partial charge in [0.25, 0.3) is 0 Å². The summed E-state index contributed by atoms with van der Waals surface area (Å²) in [6, 6.07) is 4.76. The Morgan fingerprint density at radius 3 is 2.85 bits per heavy atom. The Hall–Kier alpha value is -2.01. The lowest BCUT2D eigenvalue weighted by Gasteiger charge is -2.15. The minimum absolute atomic E-state index is 0.0591. The van der Waals surface area contributed by atoms with Gasteiger partial charge in [-0.05, 0) is 32.4 Å².